The molecule has 0 aromatic heterocycles. The summed E-state index contributed by atoms with van der Waals surface area (Å²) in [5.41, 5.74) is 2.49. The second-order valence-electron chi connectivity index (χ2n) is 10.3. The Bertz CT molecular complexity index is 710. The maximum absolute atomic E-state index is 13.0. The summed E-state index contributed by atoms with van der Waals surface area (Å²) in [6.07, 6.45) is 2.08. The zero-order chi connectivity index (χ0) is 20.9. The van der Waals surface area contributed by atoms with Gasteiger partial charge in [0.15, 0.2) is 8.32 Å². The smallest absolute Gasteiger partial charge is 0.310 e. The Hall–Kier alpha value is -1.17. The van der Waals surface area contributed by atoms with Crippen LogP contribution < -0.4 is 0 Å². The summed E-state index contributed by atoms with van der Waals surface area (Å²) in [7, 11) is 1.75. The highest BCUT2D eigenvalue weighted by molar-refractivity contribution is 6.74. The average Bonchev–Trinajstić information content (AvgIpc) is 2.79. The van der Waals surface area contributed by atoms with E-state index in [2.05, 4.69) is 77.0 Å². The summed E-state index contributed by atoms with van der Waals surface area (Å²) in [4.78, 5) is 15.4. The molecule has 1 aromatic rings. The Kier molecular flexibility index (Phi) is 5.83. The number of carbonyl (C=O) groups excluding carboxylic acids is 1. The molecular formula is C23H37NO3Si. The number of hydrogen-bond donors (Lipinski definition) is 0. The first-order chi connectivity index (χ1) is 13.0. The summed E-state index contributed by atoms with van der Waals surface area (Å²) in [6.45, 7) is 13.5. The molecule has 2 aliphatic heterocycles. The monoisotopic (exact) mass is 403 g/mol. The number of hydrogen-bond acceptors (Lipinski definition) is 4. The summed E-state index contributed by atoms with van der Waals surface area (Å²) in [5, 5.41) is 0.152. The molecule has 0 unspecified atom stereocenters. The van der Waals surface area contributed by atoms with Crippen molar-refractivity contribution in [2.75, 3.05) is 14.2 Å². The zero-order valence-electron chi connectivity index (χ0n) is 18.8. The van der Waals surface area contributed by atoms with E-state index in [1.165, 1.54) is 18.2 Å². The third kappa shape index (κ3) is 3.81. The van der Waals surface area contributed by atoms with E-state index in [9.17, 15) is 4.79 Å². The number of likely N-dealkylation sites (N-methyl/N-ethyl adjacent to an activating group) is 1. The van der Waals surface area contributed by atoms with Gasteiger partial charge < -0.3 is 9.16 Å². The van der Waals surface area contributed by atoms with Gasteiger partial charge in [0.25, 0.3) is 0 Å². The van der Waals surface area contributed by atoms with Gasteiger partial charge in [-0.1, -0.05) is 50.6 Å². The second kappa shape index (κ2) is 7.58. The highest BCUT2D eigenvalue weighted by atomic mass is 28.4. The molecule has 4 nitrogen and oxygen atoms in total. The Balaban J connectivity index is 1.95. The van der Waals surface area contributed by atoms with Crippen molar-refractivity contribution in [1.29, 1.82) is 0 Å². The first kappa shape index (κ1) is 21.5. The van der Waals surface area contributed by atoms with Crippen LogP contribution in [0.3, 0.4) is 0 Å². The molecule has 156 valence electrons. The van der Waals surface area contributed by atoms with Crippen LogP contribution in [0, 0.1) is 12.8 Å². The fourth-order valence-electron chi connectivity index (χ4n) is 4.77. The number of benzene rings is 1. The van der Waals surface area contributed by atoms with Gasteiger partial charge in [-0.15, -0.1) is 0 Å². The lowest BCUT2D eigenvalue weighted by Gasteiger charge is -2.44. The van der Waals surface area contributed by atoms with Crippen molar-refractivity contribution in [3.63, 3.8) is 0 Å². The van der Waals surface area contributed by atoms with Crippen LogP contribution in [-0.4, -0.2) is 51.5 Å². The van der Waals surface area contributed by atoms with Crippen molar-refractivity contribution in [1.82, 2.24) is 4.90 Å². The van der Waals surface area contributed by atoms with E-state index in [-0.39, 0.29) is 35.0 Å². The molecule has 2 bridgehead atoms. The summed E-state index contributed by atoms with van der Waals surface area (Å²) in [6, 6.07) is 9.19. The molecular weight excluding hydrogens is 366 g/mol. The molecule has 28 heavy (non-hydrogen) atoms. The van der Waals surface area contributed by atoms with Crippen LogP contribution in [0.1, 0.15) is 50.7 Å². The molecule has 0 spiro atoms. The van der Waals surface area contributed by atoms with Crippen LogP contribution in [0.15, 0.2) is 24.3 Å². The van der Waals surface area contributed by atoms with Gasteiger partial charge in [-0.3, -0.25) is 9.69 Å². The summed E-state index contributed by atoms with van der Waals surface area (Å²) < 4.78 is 12.2. The zero-order valence-corrected chi connectivity index (χ0v) is 19.8. The van der Waals surface area contributed by atoms with Crippen LogP contribution >= 0.6 is 0 Å². The summed E-state index contributed by atoms with van der Waals surface area (Å²) >= 11 is 0. The predicted octanol–water partition coefficient (Wildman–Crippen LogP) is 4.73. The van der Waals surface area contributed by atoms with Crippen molar-refractivity contribution in [2.24, 2.45) is 5.92 Å². The van der Waals surface area contributed by atoms with E-state index in [1.54, 1.807) is 0 Å². The van der Waals surface area contributed by atoms with E-state index in [4.69, 9.17) is 9.16 Å². The largest absolute Gasteiger partial charge is 0.469 e. The number of nitrogens with zero attached hydrogens (tertiary/aromatic N) is 1. The quantitative estimate of drug-likeness (QED) is 0.538. The average molecular weight is 404 g/mol. The molecule has 0 amide bonds. The maximum Gasteiger partial charge on any atom is 0.310 e. The highest BCUT2D eigenvalue weighted by Gasteiger charge is 2.56. The van der Waals surface area contributed by atoms with Crippen LogP contribution in [0.25, 0.3) is 0 Å². The number of carbonyl (C=O) groups is 1. The van der Waals surface area contributed by atoms with Crippen LogP contribution in [0.4, 0.5) is 0 Å². The third-order valence-corrected chi connectivity index (χ3v) is 12.0. The number of methoxy groups -OCH3 is 1. The molecule has 1 aromatic carbocycles. The minimum atomic E-state index is -1.92. The van der Waals surface area contributed by atoms with E-state index >= 15 is 0 Å². The maximum atomic E-state index is 13.0. The molecule has 2 fully saturated rings. The Labute approximate surface area is 171 Å². The van der Waals surface area contributed by atoms with E-state index in [1.807, 2.05) is 0 Å². The topological polar surface area (TPSA) is 38.8 Å². The minimum absolute atomic E-state index is 0.0756. The lowest BCUT2D eigenvalue weighted by Crippen LogP contribution is -2.54. The highest BCUT2D eigenvalue weighted by Crippen LogP contribution is 2.49. The number of rotatable bonds is 4. The Morgan fingerprint density at radius 2 is 1.75 bits per heavy atom. The van der Waals surface area contributed by atoms with Gasteiger partial charge in [-0.25, -0.2) is 0 Å². The molecule has 5 heteroatoms. The summed E-state index contributed by atoms with van der Waals surface area (Å²) in [5.74, 6) is -0.106. The minimum Gasteiger partial charge on any atom is -0.469 e. The number of fused-ring (bicyclic) bond motifs is 2. The number of esters is 1. The SMILES string of the molecule is COC(=O)[C@H]1[C@H]2[C@H](O[Si](C)(C)C(C)(C)C)C[C@@H](C[C@H]1c1ccc(C)cc1)N2C. The Morgan fingerprint density at radius 3 is 2.29 bits per heavy atom. The normalized spacial score (nSPS) is 31.1. The lowest BCUT2D eigenvalue weighted by atomic mass is 9.76. The lowest BCUT2D eigenvalue weighted by molar-refractivity contribution is -0.151. The number of aryl methyl sites for hydroxylation is 1. The molecule has 2 aliphatic rings. The van der Waals surface area contributed by atoms with Gasteiger partial charge in [0.1, 0.15) is 0 Å². The van der Waals surface area contributed by atoms with Gasteiger partial charge in [-0.2, -0.15) is 0 Å². The van der Waals surface area contributed by atoms with E-state index < -0.39 is 8.32 Å². The molecule has 0 N–H and O–H groups in total. The molecule has 5 atom stereocenters. The van der Waals surface area contributed by atoms with Crippen LogP contribution in [0.2, 0.25) is 18.1 Å². The first-order valence-electron chi connectivity index (χ1n) is 10.5. The fourth-order valence-corrected chi connectivity index (χ4v) is 6.12. The first-order valence-corrected chi connectivity index (χ1v) is 13.4. The van der Waals surface area contributed by atoms with Crippen molar-refractivity contribution >= 4 is 14.3 Å². The van der Waals surface area contributed by atoms with Crippen molar-refractivity contribution in [3.8, 4) is 0 Å². The molecule has 2 saturated heterocycles. The number of piperidine rings is 1. The van der Waals surface area contributed by atoms with Crippen LogP contribution in [0.5, 0.6) is 0 Å². The van der Waals surface area contributed by atoms with Crippen molar-refractivity contribution in [2.45, 2.75) is 82.8 Å². The van der Waals surface area contributed by atoms with Crippen molar-refractivity contribution in [3.05, 3.63) is 35.4 Å². The second-order valence-corrected chi connectivity index (χ2v) is 15.0. The fraction of sp³-hybridized carbons (Fsp3) is 0.696. The number of ether oxygens (including phenoxy) is 1. The molecule has 0 saturated carbocycles. The molecule has 0 aliphatic carbocycles. The molecule has 2 heterocycles. The molecule has 3 rings (SSSR count). The van der Waals surface area contributed by atoms with Crippen LogP contribution in [-0.2, 0) is 14.0 Å². The van der Waals surface area contributed by atoms with Gasteiger partial charge in [-0.05, 0) is 50.5 Å². The standard InChI is InChI=1S/C23H37NO3Si/c1-15-9-11-16(12-10-15)18-13-17-14-19(27-28(7,8)23(2,3)4)21(24(17)5)20(18)22(25)26-6/h9-12,17-21H,13-14H2,1-8H3/t17-,18+,19-,20-,21-/m1/s1. The van der Waals surface area contributed by atoms with Gasteiger partial charge in [0, 0.05) is 18.0 Å². The van der Waals surface area contributed by atoms with Crippen molar-refractivity contribution < 1.29 is 14.0 Å². The van der Waals surface area contributed by atoms with Gasteiger partial charge in [0.05, 0.1) is 19.1 Å². The predicted molar refractivity (Wildman–Crippen MR) is 116 cm³/mol. The molecule has 0 radical (unpaired) electrons. The van der Waals surface area contributed by atoms with Gasteiger partial charge in [0.2, 0.25) is 0 Å². The van der Waals surface area contributed by atoms with E-state index in [0.29, 0.717) is 6.04 Å². The van der Waals surface area contributed by atoms with E-state index in [0.717, 1.165) is 12.8 Å². The Morgan fingerprint density at radius 1 is 1.14 bits per heavy atom. The van der Waals surface area contributed by atoms with Gasteiger partial charge >= 0.3 is 5.97 Å². The third-order valence-electron chi connectivity index (χ3n) is 7.49.